The average Bonchev–Trinajstić information content (AvgIpc) is 2.48. The third-order valence-corrected chi connectivity index (χ3v) is 5.60. The standard InChI is InChI=1S/C21H32BrNO2/c1-15(16-7-9-17(22)10-8-16)23(19(24)25-20(2,3)4)18-11-13-21(5,6)14-12-18/h7-10,15,18H,11-14H2,1-6H3. The lowest BCUT2D eigenvalue weighted by Crippen LogP contribution is -2.47. The van der Waals surface area contributed by atoms with Gasteiger partial charge in [-0.3, -0.25) is 4.90 Å². The van der Waals surface area contributed by atoms with E-state index in [2.05, 4.69) is 48.8 Å². The fraction of sp³-hybridized carbons (Fsp3) is 0.667. The molecule has 1 aliphatic carbocycles. The number of benzene rings is 1. The molecule has 1 atom stereocenters. The second kappa shape index (κ2) is 7.69. The molecule has 4 heteroatoms. The van der Waals surface area contributed by atoms with Crippen LogP contribution in [0.2, 0.25) is 0 Å². The molecule has 1 aromatic rings. The minimum atomic E-state index is -0.483. The molecule has 1 amide bonds. The van der Waals surface area contributed by atoms with Gasteiger partial charge in [0.15, 0.2) is 0 Å². The smallest absolute Gasteiger partial charge is 0.411 e. The molecule has 0 saturated heterocycles. The molecule has 140 valence electrons. The molecular weight excluding hydrogens is 378 g/mol. The monoisotopic (exact) mass is 409 g/mol. The second-order valence-electron chi connectivity index (χ2n) is 9.01. The van der Waals surface area contributed by atoms with E-state index in [1.54, 1.807) is 0 Å². The molecule has 25 heavy (non-hydrogen) atoms. The van der Waals surface area contributed by atoms with E-state index in [0.717, 1.165) is 35.7 Å². The SMILES string of the molecule is CC(c1ccc(Br)cc1)N(C(=O)OC(C)(C)C)C1CCC(C)(C)CC1. The summed E-state index contributed by atoms with van der Waals surface area (Å²) in [6, 6.07) is 8.46. The highest BCUT2D eigenvalue weighted by molar-refractivity contribution is 9.10. The van der Waals surface area contributed by atoms with Crippen LogP contribution in [-0.4, -0.2) is 22.6 Å². The van der Waals surface area contributed by atoms with Gasteiger partial charge in [-0.05, 0) is 76.5 Å². The number of carbonyl (C=O) groups excluding carboxylic acids is 1. The first-order chi connectivity index (χ1) is 11.5. The second-order valence-corrected chi connectivity index (χ2v) is 9.93. The summed E-state index contributed by atoms with van der Waals surface area (Å²) in [7, 11) is 0. The van der Waals surface area contributed by atoms with Gasteiger partial charge in [-0.1, -0.05) is 41.9 Å². The lowest BCUT2D eigenvalue weighted by Gasteiger charge is -2.43. The van der Waals surface area contributed by atoms with Crippen molar-refractivity contribution in [3.63, 3.8) is 0 Å². The van der Waals surface area contributed by atoms with Crippen molar-refractivity contribution in [3.05, 3.63) is 34.3 Å². The summed E-state index contributed by atoms with van der Waals surface area (Å²) < 4.78 is 6.80. The summed E-state index contributed by atoms with van der Waals surface area (Å²) in [6.07, 6.45) is 4.15. The zero-order valence-corrected chi connectivity index (χ0v) is 18.0. The van der Waals surface area contributed by atoms with E-state index < -0.39 is 5.60 Å². The van der Waals surface area contributed by atoms with Gasteiger partial charge in [-0.2, -0.15) is 0 Å². The van der Waals surface area contributed by atoms with E-state index in [1.165, 1.54) is 0 Å². The molecule has 0 N–H and O–H groups in total. The van der Waals surface area contributed by atoms with Crippen molar-refractivity contribution in [3.8, 4) is 0 Å². The summed E-state index contributed by atoms with van der Waals surface area (Å²) in [5, 5.41) is 0. The number of ether oxygens (including phenoxy) is 1. The number of amides is 1. The number of carbonyl (C=O) groups is 1. The largest absolute Gasteiger partial charge is 0.444 e. The minimum absolute atomic E-state index is 0.00541. The lowest BCUT2D eigenvalue weighted by atomic mass is 9.75. The van der Waals surface area contributed by atoms with Crippen molar-refractivity contribution in [1.82, 2.24) is 4.90 Å². The van der Waals surface area contributed by atoms with Crippen molar-refractivity contribution in [2.24, 2.45) is 5.41 Å². The lowest BCUT2D eigenvalue weighted by molar-refractivity contribution is -0.00370. The molecule has 0 radical (unpaired) electrons. The predicted octanol–water partition coefficient (Wildman–Crippen LogP) is 6.72. The highest BCUT2D eigenvalue weighted by Gasteiger charge is 2.37. The van der Waals surface area contributed by atoms with E-state index >= 15 is 0 Å². The van der Waals surface area contributed by atoms with Crippen molar-refractivity contribution < 1.29 is 9.53 Å². The van der Waals surface area contributed by atoms with Gasteiger partial charge in [0.05, 0.1) is 6.04 Å². The summed E-state index contributed by atoms with van der Waals surface area (Å²) in [6.45, 7) is 12.5. The number of nitrogens with zero attached hydrogens (tertiary/aromatic N) is 1. The van der Waals surface area contributed by atoms with Gasteiger partial charge in [0.1, 0.15) is 5.60 Å². The van der Waals surface area contributed by atoms with Crippen LogP contribution in [0.1, 0.15) is 78.8 Å². The topological polar surface area (TPSA) is 29.5 Å². The Bertz CT molecular complexity index is 579. The van der Waals surface area contributed by atoms with Crippen molar-refractivity contribution in [2.45, 2.75) is 84.9 Å². The Labute approximate surface area is 161 Å². The zero-order chi connectivity index (χ0) is 18.8. The van der Waals surface area contributed by atoms with E-state index in [-0.39, 0.29) is 18.2 Å². The van der Waals surface area contributed by atoms with Crippen LogP contribution >= 0.6 is 15.9 Å². The Morgan fingerprint density at radius 1 is 1.20 bits per heavy atom. The summed E-state index contributed by atoms with van der Waals surface area (Å²) in [5.41, 5.74) is 1.03. The molecule has 1 fully saturated rings. The first-order valence-corrected chi connectivity index (χ1v) is 10.0. The van der Waals surface area contributed by atoms with Crippen LogP contribution in [0.3, 0.4) is 0 Å². The van der Waals surface area contributed by atoms with Crippen molar-refractivity contribution >= 4 is 22.0 Å². The Hall–Kier alpha value is -1.03. The average molecular weight is 410 g/mol. The number of halogens is 1. The Morgan fingerprint density at radius 2 is 1.72 bits per heavy atom. The maximum atomic E-state index is 13.0. The fourth-order valence-electron chi connectivity index (χ4n) is 3.50. The minimum Gasteiger partial charge on any atom is -0.444 e. The van der Waals surface area contributed by atoms with Gasteiger partial charge >= 0.3 is 6.09 Å². The maximum Gasteiger partial charge on any atom is 0.411 e. The van der Waals surface area contributed by atoms with Gasteiger partial charge in [0, 0.05) is 10.5 Å². The van der Waals surface area contributed by atoms with E-state index in [9.17, 15) is 4.79 Å². The molecular formula is C21H32BrNO2. The Morgan fingerprint density at radius 3 is 2.20 bits per heavy atom. The first-order valence-electron chi connectivity index (χ1n) is 9.25. The van der Waals surface area contributed by atoms with Gasteiger partial charge in [-0.25, -0.2) is 4.79 Å². The van der Waals surface area contributed by atoms with Crippen LogP contribution in [0.15, 0.2) is 28.7 Å². The van der Waals surface area contributed by atoms with Gasteiger partial charge in [-0.15, -0.1) is 0 Å². The molecule has 3 nitrogen and oxygen atoms in total. The summed E-state index contributed by atoms with van der Waals surface area (Å²) in [4.78, 5) is 15.0. The van der Waals surface area contributed by atoms with Crippen LogP contribution in [0.25, 0.3) is 0 Å². The molecule has 1 saturated carbocycles. The fourth-order valence-corrected chi connectivity index (χ4v) is 3.77. The molecule has 2 rings (SSSR count). The molecule has 1 aromatic carbocycles. The Balaban J connectivity index is 2.25. The number of rotatable bonds is 3. The van der Waals surface area contributed by atoms with Gasteiger partial charge in [0.2, 0.25) is 0 Å². The van der Waals surface area contributed by atoms with E-state index in [4.69, 9.17) is 4.74 Å². The number of hydrogen-bond acceptors (Lipinski definition) is 2. The van der Waals surface area contributed by atoms with Crippen molar-refractivity contribution in [1.29, 1.82) is 0 Å². The number of hydrogen-bond donors (Lipinski definition) is 0. The molecule has 0 spiro atoms. The quantitative estimate of drug-likeness (QED) is 0.554. The highest BCUT2D eigenvalue weighted by atomic mass is 79.9. The first kappa shape index (κ1) is 20.3. The molecule has 0 aliphatic heterocycles. The van der Waals surface area contributed by atoms with Gasteiger partial charge < -0.3 is 4.74 Å². The van der Waals surface area contributed by atoms with Crippen LogP contribution < -0.4 is 0 Å². The van der Waals surface area contributed by atoms with Crippen LogP contribution in [0.5, 0.6) is 0 Å². The van der Waals surface area contributed by atoms with Crippen molar-refractivity contribution in [2.75, 3.05) is 0 Å². The molecule has 1 unspecified atom stereocenters. The van der Waals surface area contributed by atoms with Crippen LogP contribution in [0.4, 0.5) is 4.79 Å². The molecule has 1 aliphatic rings. The molecule has 0 heterocycles. The summed E-state index contributed by atoms with van der Waals surface area (Å²) in [5.74, 6) is 0. The van der Waals surface area contributed by atoms with Crippen LogP contribution in [0, 0.1) is 5.41 Å². The maximum absolute atomic E-state index is 13.0. The summed E-state index contributed by atoms with van der Waals surface area (Å²) >= 11 is 3.48. The van der Waals surface area contributed by atoms with Gasteiger partial charge in [0.25, 0.3) is 0 Å². The van der Waals surface area contributed by atoms with Crippen LogP contribution in [-0.2, 0) is 4.74 Å². The molecule has 0 bridgehead atoms. The molecule has 0 aromatic heterocycles. The normalized spacial score (nSPS) is 19.3. The predicted molar refractivity (Wildman–Crippen MR) is 107 cm³/mol. The third kappa shape index (κ3) is 5.73. The Kier molecular flexibility index (Phi) is 6.24. The van der Waals surface area contributed by atoms with E-state index in [0.29, 0.717) is 5.41 Å². The van der Waals surface area contributed by atoms with E-state index in [1.807, 2.05) is 37.8 Å². The zero-order valence-electron chi connectivity index (χ0n) is 16.4. The third-order valence-electron chi connectivity index (χ3n) is 5.08. The highest BCUT2D eigenvalue weighted by Crippen LogP contribution is 2.39.